The predicted molar refractivity (Wildman–Crippen MR) is 73.7 cm³/mol. The lowest BCUT2D eigenvalue weighted by Gasteiger charge is -2.06. The van der Waals surface area contributed by atoms with E-state index >= 15 is 0 Å². The first-order valence-corrected chi connectivity index (χ1v) is 5.97. The largest absolute Gasteiger partial charge is 0.478 e. The first-order valence-electron chi connectivity index (χ1n) is 5.17. The van der Waals surface area contributed by atoms with E-state index in [2.05, 4.69) is 21.2 Å². The van der Waals surface area contributed by atoms with Crippen LogP contribution in [0.5, 0.6) is 0 Å². The molecule has 0 radical (unpaired) electrons. The lowest BCUT2D eigenvalue weighted by atomic mass is 10.2. The van der Waals surface area contributed by atoms with Crippen molar-refractivity contribution in [1.82, 2.24) is 0 Å². The SMILES string of the molecule is CC=CC=CC(=O)Nc1cc(C(=O)O)ccc1Br. The molecule has 0 saturated heterocycles. The van der Waals surface area contributed by atoms with Gasteiger partial charge in [-0.05, 0) is 41.1 Å². The molecule has 0 spiro atoms. The van der Waals surface area contributed by atoms with Gasteiger partial charge in [0.1, 0.15) is 0 Å². The molecule has 1 aromatic rings. The molecule has 1 aromatic carbocycles. The van der Waals surface area contributed by atoms with E-state index in [4.69, 9.17) is 5.11 Å². The Balaban J connectivity index is 2.86. The maximum atomic E-state index is 11.5. The summed E-state index contributed by atoms with van der Waals surface area (Å²) < 4.78 is 0.625. The zero-order chi connectivity index (χ0) is 13.5. The Morgan fingerprint density at radius 3 is 2.67 bits per heavy atom. The highest BCUT2D eigenvalue weighted by Gasteiger charge is 2.08. The molecule has 0 atom stereocenters. The summed E-state index contributed by atoms with van der Waals surface area (Å²) in [6.45, 7) is 1.84. The van der Waals surface area contributed by atoms with E-state index in [1.165, 1.54) is 18.2 Å². The summed E-state index contributed by atoms with van der Waals surface area (Å²) in [5.41, 5.74) is 0.538. The number of benzene rings is 1. The third-order valence-electron chi connectivity index (χ3n) is 2.02. The normalized spacial score (nSPS) is 11.0. The number of carboxylic acid groups (broad SMARTS) is 1. The van der Waals surface area contributed by atoms with Gasteiger partial charge >= 0.3 is 5.97 Å². The summed E-state index contributed by atoms with van der Waals surface area (Å²) >= 11 is 3.24. The zero-order valence-corrected chi connectivity index (χ0v) is 11.3. The lowest BCUT2D eigenvalue weighted by molar-refractivity contribution is -0.111. The van der Waals surface area contributed by atoms with Gasteiger partial charge in [-0.2, -0.15) is 0 Å². The molecule has 1 rings (SSSR count). The van der Waals surface area contributed by atoms with E-state index in [-0.39, 0.29) is 11.5 Å². The Hall–Kier alpha value is -1.88. The second kappa shape index (κ2) is 6.76. The Kier molecular flexibility index (Phi) is 5.32. The Morgan fingerprint density at radius 2 is 2.06 bits per heavy atom. The van der Waals surface area contributed by atoms with Crippen LogP contribution in [0.15, 0.2) is 47.0 Å². The topological polar surface area (TPSA) is 66.4 Å². The van der Waals surface area contributed by atoms with Gasteiger partial charge in [-0.3, -0.25) is 4.79 Å². The Bertz CT molecular complexity index is 521. The molecule has 0 fully saturated rings. The third-order valence-corrected chi connectivity index (χ3v) is 2.71. The molecule has 0 aromatic heterocycles. The maximum absolute atomic E-state index is 11.5. The first-order chi connectivity index (χ1) is 8.54. The van der Waals surface area contributed by atoms with Crippen LogP contribution in [-0.2, 0) is 4.79 Å². The molecule has 0 aliphatic carbocycles. The smallest absolute Gasteiger partial charge is 0.335 e. The van der Waals surface area contributed by atoms with Gasteiger partial charge in [0.05, 0.1) is 11.3 Å². The minimum atomic E-state index is -1.04. The third kappa shape index (κ3) is 4.18. The van der Waals surface area contributed by atoms with Crippen LogP contribution in [0.25, 0.3) is 0 Å². The Labute approximate surface area is 113 Å². The molecular weight excluding hydrogens is 298 g/mol. The van der Waals surface area contributed by atoms with Crippen LogP contribution >= 0.6 is 15.9 Å². The van der Waals surface area contributed by atoms with Crippen molar-refractivity contribution in [3.8, 4) is 0 Å². The summed E-state index contributed by atoms with van der Waals surface area (Å²) in [6.07, 6.45) is 6.48. The van der Waals surface area contributed by atoms with Crippen LogP contribution < -0.4 is 5.32 Å². The number of hydrogen-bond acceptors (Lipinski definition) is 2. The molecule has 0 heterocycles. The molecule has 0 saturated carbocycles. The van der Waals surface area contributed by atoms with Crippen molar-refractivity contribution < 1.29 is 14.7 Å². The van der Waals surface area contributed by atoms with Crippen LogP contribution in [0.4, 0.5) is 5.69 Å². The van der Waals surface area contributed by atoms with Crippen molar-refractivity contribution in [1.29, 1.82) is 0 Å². The second-order valence-electron chi connectivity index (χ2n) is 3.37. The minimum Gasteiger partial charge on any atom is -0.478 e. The van der Waals surface area contributed by atoms with Crippen LogP contribution in [0.3, 0.4) is 0 Å². The van der Waals surface area contributed by atoms with Gasteiger partial charge in [-0.25, -0.2) is 4.79 Å². The summed E-state index contributed by atoms with van der Waals surface area (Å²) in [5, 5.41) is 11.5. The van der Waals surface area contributed by atoms with Crippen LogP contribution in [0, 0.1) is 0 Å². The fraction of sp³-hybridized carbons (Fsp3) is 0.0769. The number of carbonyl (C=O) groups is 2. The van der Waals surface area contributed by atoms with Gasteiger partial charge in [-0.15, -0.1) is 0 Å². The average Bonchev–Trinajstić information content (AvgIpc) is 2.32. The Morgan fingerprint density at radius 1 is 1.33 bits per heavy atom. The maximum Gasteiger partial charge on any atom is 0.335 e. The highest BCUT2D eigenvalue weighted by molar-refractivity contribution is 9.10. The van der Waals surface area contributed by atoms with Gasteiger partial charge in [0.2, 0.25) is 5.91 Å². The van der Waals surface area contributed by atoms with Gasteiger partial charge in [0, 0.05) is 10.5 Å². The summed E-state index contributed by atoms with van der Waals surface area (Å²) in [5.74, 6) is -1.36. The number of aromatic carboxylic acids is 1. The molecule has 5 heteroatoms. The fourth-order valence-electron chi connectivity index (χ4n) is 1.18. The molecule has 18 heavy (non-hydrogen) atoms. The molecule has 2 N–H and O–H groups in total. The van der Waals surface area contributed by atoms with Gasteiger partial charge in [-0.1, -0.05) is 18.2 Å². The fourth-order valence-corrected chi connectivity index (χ4v) is 1.53. The minimum absolute atomic E-state index is 0.117. The molecule has 4 nitrogen and oxygen atoms in total. The number of hydrogen-bond donors (Lipinski definition) is 2. The monoisotopic (exact) mass is 309 g/mol. The highest BCUT2D eigenvalue weighted by Crippen LogP contribution is 2.23. The molecule has 0 unspecified atom stereocenters. The summed E-state index contributed by atoms with van der Waals surface area (Å²) in [7, 11) is 0. The zero-order valence-electron chi connectivity index (χ0n) is 9.68. The number of halogens is 1. The van der Waals surface area contributed by atoms with Crippen LogP contribution in [-0.4, -0.2) is 17.0 Å². The van der Waals surface area contributed by atoms with Crippen molar-refractivity contribution in [2.45, 2.75) is 6.92 Å². The van der Waals surface area contributed by atoms with Gasteiger partial charge in [0.15, 0.2) is 0 Å². The molecular formula is C13H12BrNO3. The second-order valence-corrected chi connectivity index (χ2v) is 4.23. The number of anilines is 1. The molecule has 0 aliphatic heterocycles. The number of nitrogens with one attached hydrogen (secondary N) is 1. The van der Waals surface area contributed by atoms with E-state index in [0.717, 1.165) is 0 Å². The summed E-state index contributed by atoms with van der Waals surface area (Å²) in [6, 6.07) is 4.43. The van der Waals surface area contributed by atoms with E-state index in [0.29, 0.717) is 10.2 Å². The lowest BCUT2D eigenvalue weighted by Crippen LogP contribution is -2.09. The molecule has 0 bridgehead atoms. The van der Waals surface area contributed by atoms with E-state index in [1.54, 1.807) is 24.3 Å². The molecule has 1 amide bonds. The predicted octanol–water partition coefficient (Wildman–Crippen LogP) is 3.22. The number of allylic oxidation sites excluding steroid dienone is 3. The van der Waals surface area contributed by atoms with Crippen molar-refractivity contribution in [3.63, 3.8) is 0 Å². The van der Waals surface area contributed by atoms with Crippen LogP contribution in [0.1, 0.15) is 17.3 Å². The van der Waals surface area contributed by atoms with E-state index in [9.17, 15) is 9.59 Å². The highest BCUT2D eigenvalue weighted by atomic mass is 79.9. The van der Waals surface area contributed by atoms with Crippen molar-refractivity contribution in [2.75, 3.05) is 5.32 Å². The van der Waals surface area contributed by atoms with Gasteiger partial charge < -0.3 is 10.4 Å². The molecule has 94 valence electrons. The van der Waals surface area contributed by atoms with Crippen molar-refractivity contribution in [3.05, 3.63) is 52.5 Å². The molecule has 0 aliphatic rings. The quantitative estimate of drug-likeness (QED) is 0.663. The number of rotatable bonds is 4. The van der Waals surface area contributed by atoms with Crippen molar-refractivity contribution >= 4 is 33.5 Å². The van der Waals surface area contributed by atoms with Crippen LogP contribution in [0.2, 0.25) is 0 Å². The van der Waals surface area contributed by atoms with E-state index in [1.807, 2.05) is 6.92 Å². The average molecular weight is 310 g/mol. The first kappa shape index (κ1) is 14.2. The number of carboxylic acids is 1. The summed E-state index contributed by atoms with van der Waals surface area (Å²) in [4.78, 5) is 22.3. The van der Waals surface area contributed by atoms with Gasteiger partial charge in [0.25, 0.3) is 0 Å². The van der Waals surface area contributed by atoms with Crippen molar-refractivity contribution in [2.24, 2.45) is 0 Å². The number of amides is 1. The standard InChI is InChI=1S/C13H12BrNO3/c1-2-3-4-5-12(16)15-11-8-9(13(17)18)6-7-10(11)14/h2-8H,1H3,(H,15,16)(H,17,18). The number of carbonyl (C=O) groups excluding carboxylic acids is 1. The van der Waals surface area contributed by atoms with E-state index < -0.39 is 5.97 Å².